The fourth-order valence-electron chi connectivity index (χ4n) is 2.79. The Balaban J connectivity index is 1.63. The molecule has 0 saturated heterocycles. The second-order valence-electron chi connectivity index (χ2n) is 5.96. The molecular weight excluding hydrogens is 353 g/mol. The zero-order valence-electron chi connectivity index (χ0n) is 13.3. The normalized spacial score (nSPS) is 20.4. The summed E-state index contributed by atoms with van der Waals surface area (Å²) in [4.78, 5) is 22.8. The van der Waals surface area contributed by atoms with E-state index in [1.54, 1.807) is 18.2 Å². The maximum Gasteiger partial charge on any atom is 0.306 e. The molecule has 132 valence electrons. The molecule has 7 heteroatoms. The van der Waals surface area contributed by atoms with Gasteiger partial charge in [-0.25, -0.2) is 0 Å². The monoisotopic (exact) mass is 373 g/mol. The molecule has 1 saturated carbocycles. The van der Waals surface area contributed by atoms with Gasteiger partial charge in [0.2, 0.25) is 5.91 Å². The van der Waals surface area contributed by atoms with Crippen LogP contribution in [0.2, 0.25) is 10.0 Å². The molecule has 1 fully saturated rings. The van der Waals surface area contributed by atoms with Crippen molar-refractivity contribution in [1.29, 1.82) is 0 Å². The zero-order chi connectivity index (χ0) is 17.5. The minimum atomic E-state index is -0.739. The number of carboxylic acids is 1. The standard InChI is InChI=1S/C17H21Cl2NO4/c18-13-3-1-4-14(16(13)19)24-10-2-5-15(21)20-12-8-6-11(7-9-12)17(22)23/h1,3-4,11-12H,2,5-10H2,(H,20,21)(H,22,23). The van der Waals surface area contributed by atoms with E-state index in [2.05, 4.69) is 5.32 Å². The average Bonchev–Trinajstić information content (AvgIpc) is 2.55. The molecule has 0 atom stereocenters. The summed E-state index contributed by atoms with van der Waals surface area (Å²) in [6, 6.07) is 5.25. The van der Waals surface area contributed by atoms with Crippen LogP contribution in [0.15, 0.2) is 18.2 Å². The molecule has 0 radical (unpaired) electrons. The fourth-order valence-corrected chi connectivity index (χ4v) is 3.14. The number of ether oxygens (including phenoxy) is 1. The van der Waals surface area contributed by atoms with Gasteiger partial charge in [-0.3, -0.25) is 9.59 Å². The zero-order valence-corrected chi connectivity index (χ0v) is 14.8. The van der Waals surface area contributed by atoms with Crippen LogP contribution in [0.3, 0.4) is 0 Å². The number of benzene rings is 1. The van der Waals surface area contributed by atoms with Gasteiger partial charge in [0.15, 0.2) is 0 Å². The molecule has 1 aromatic carbocycles. The van der Waals surface area contributed by atoms with E-state index >= 15 is 0 Å². The van der Waals surface area contributed by atoms with Gasteiger partial charge in [0.1, 0.15) is 10.8 Å². The van der Waals surface area contributed by atoms with Crippen molar-refractivity contribution in [3.05, 3.63) is 28.2 Å². The Bertz CT molecular complexity index is 586. The first-order valence-corrected chi connectivity index (χ1v) is 8.82. The first-order chi connectivity index (χ1) is 11.5. The van der Waals surface area contributed by atoms with Crippen LogP contribution in [0.1, 0.15) is 38.5 Å². The van der Waals surface area contributed by atoms with Crippen molar-refractivity contribution in [2.45, 2.75) is 44.6 Å². The predicted molar refractivity (Wildman–Crippen MR) is 92.7 cm³/mol. The van der Waals surface area contributed by atoms with Gasteiger partial charge in [-0.05, 0) is 44.2 Å². The number of nitrogens with one attached hydrogen (secondary N) is 1. The van der Waals surface area contributed by atoms with Crippen molar-refractivity contribution in [3.8, 4) is 5.75 Å². The number of carboxylic acid groups (broad SMARTS) is 1. The predicted octanol–water partition coefficient (Wildman–Crippen LogP) is 3.91. The molecule has 0 spiro atoms. The molecule has 2 rings (SSSR count). The summed E-state index contributed by atoms with van der Waals surface area (Å²) < 4.78 is 5.54. The van der Waals surface area contributed by atoms with E-state index in [0.717, 1.165) is 12.8 Å². The molecule has 5 nitrogen and oxygen atoms in total. The highest BCUT2D eigenvalue weighted by Gasteiger charge is 2.26. The lowest BCUT2D eigenvalue weighted by Gasteiger charge is -2.26. The fraction of sp³-hybridized carbons (Fsp3) is 0.529. The van der Waals surface area contributed by atoms with Crippen molar-refractivity contribution >= 4 is 35.1 Å². The van der Waals surface area contributed by atoms with Gasteiger partial charge in [0.05, 0.1) is 17.5 Å². The highest BCUT2D eigenvalue weighted by atomic mass is 35.5. The van der Waals surface area contributed by atoms with Crippen LogP contribution in [-0.4, -0.2) is 29.6 Å². The Morgan fingerprint density at radius 2 is 1.92 bits per heavy atom. The van der Waals surface area contributed by atoms with E-state index in [1.807, 2.05) is 0 Å². The lowest BCUT2D eigenvalue weighted by atomic mass is 9.86. The summed E-state index contributed by atoms with van der Waals surface area (Å²) in [7, 11) is 0. The molecule has 0 aromatic heterocycles. The van der Waals surface area contributed by atoms with Crippen LogP contribution in [0.25, 0.3) is 0 Å². The Hall–Kier alpha value is -1.46. The van der Waals surface area contributed by atoms with Crippen molar-refractivity contribution < 1.29 is 19.4 Å². The molecule has 0 unspecified atom stereocenters. The van der Waals surface area contributed by atoms with E-state index in [-0.39, 0.29) is 17.9 Å². The summed E-state index contributed by atoms with van der Waals surface area (Å²) in [6.45, 7) is 0.374. The van der Waals surface area contributed by atoms with Crippen LogP contribution in [0.4, 0.5) is 0 Å². The van der Waals surface area contributed by atoms with E-state index < -0.39 is 5.97 Å². The Morgan fingerprint density at radius 1 is 1.21 bits per heavy atom. The Morgan fingerprint density at radius 3 is 2.58 bits per heavy atom. The number of carbonyl (C=O) groups is 2. The van der Waals surface area contributed by atoms with E-state index in [1.165, 1.54) is 0 Å². The topological polar surface area (TPSA) is 75.6 Å². The number of rotatable bonds is 7. The SMILES string of the molecule is O=C(CCCOc1cccc(Cl)c1Cl)NC1CCC(C(=O)O)CC1. The van der Waals surface area contributed by atoms with E-state index in [4.69, 9.17) is 33.0 Å². The van der Waals surface area contributed by atoms with Crippen molar-refractivity contribution in [1.82, 2.24) is 5.32 Å². The van der Waals surface area contributed by atoms with Crippen LogP contribution < -0.4 is 10.1 Å². The maximum atomic E-state index is 11.9. The summed E-state index contributed by atoms with van der Waals surface area (Å²) >= 11 is 11.9. The average molecular weight is 374 g/mol. The molecule has 0 aliphatic heterocycles. The third-order valence-corrected chi connectivity index (χ3v) is 4.97. The van der Waals surface area contributed by atoms with E-state index in [9.17, 15) is 9.59 Å². The van der Waals surface area contributed by atoms with Crippen molar-refractivity contribution in [2.75, 3.05) is 6.61 Å². The number of carbonyl (C=O) groups excluding carboxylic acids is 1. The van der Waals surface area contributed by atoms with Crippen LogP contribution in [0, 0.1) is 5.92 Å². The summed E-state index contributed by atoms with van der Waals surface area (Å²) in [5.41, 5.74) is 0. The molecule has 24 heavy (non-hydrogen) atoms. The lowest BCUT2D eigenvalue weighted by molar-refractivity contribution is -0.142. The largest absolute Gasteiger partial charge is 0.492 e. The number of hydrogen-bond donors (Lipinski definition) is 2. The number of halogens is 2. The summed E-state index contributed by atoms with van der Waals surface area (Å²) in [5, 5.41) is 12.7. The first-order valence-electron chi connectivity index (χ1n) is 8.06. The lowest BCUT2D eigenvalue weighted by Crippen LogP contribution is -2.38. The quantitative estimate of drug-likeness (QED) is 0.710. The second-order valence-corrected chi connectivity index (χ2v) is 6.74. The van der Waals surface area contributed by atoms with Gasteiger partial charge in [-0.2, -0.15) is 0 Å². The number of hydrogen-bond acceptors (Lipinski definition) is 3. The summed E-state index contributed by atoms with van der Waals surface area (Å²) in [6.07, 6.45) is 3.61. The van der Waals surface area contributed by atoms with Crippen molar-refractivity contribution in [2.24, 2.45) is 5.92 Å². The highest BCUT2D eigenvalue weighted by molar-refractivity contribution is 6.42. The highest BCUT2D eigenvalue weighted by Crippen LogP contribution is 2.31. The van der Waals surface area contributed by atoms with Crippen LogP contribution >= 0.6 is 23.2 Å². The van der Waals surface area contributed by atoms with Gasteiger partial charge in [0.25, 0.3) is 0 Å². The molecule has 0 bridgehead atoms. The summed E-state index contributed by atoms with van der Waals surface area (Å²) in [5.74, 6) is -0.531. The minimum absolute atomic E-state index is 0.0328. The van der Waals surface area contributed by atoms with Crippen molar-refractivity contribution in [3.63, 3.8) is 0 Å². The van der Waals surface area contributed by atoms with Gasteiger partial charge in [0, 0.05) is 12.5 Å². The minimum Gasteiger partial charge on any atom is -0.492 e. The Kier molecular flexibility index (Phi) is 7.18. The molecule has 1 aliphatic rings. The van der Waals surface area contributed by atoms with Gasteiger partial charge >= 0.3 is 5.97 Å². The van der Waals surface area contributed by atoms with Gasteiger partial charge in [-0.1, -0.05) is 29.3 Å². The maximum absolute atomic E-state index is 11.9. The van der Waals surface area contributed by atoms with Crippen LogP contribution in [-0.2, 0) is 9.59 Å². The molecule has 0 heterocycles. The molecule has 1 aliphatic carbocycles. The smallest absolute Gasteiger partial charge is 0.306 e. The third-order valence-electron chi connectivity index (χ3n) is 4.16. The Labute approximate surface area is 151 Å². The molecule has 2 N–H and O–H groups in total. The molecular formula is C17H21Cl2NO4. The first kappa shape index (κ1) is 18.9. The third kappa shape index (κ3) is 5.56. The second kappa shape index (κ2) is 9.14. The van der Waals surface area contributed by atoms with Gasteiger partial charge < -0.3 is 15.2 Å². The van der Waals surface area contributed by atoms with E-state index in [0.29, 0.717) is 48.1 Å². The number of amides is 1. The molecule has 1 amide bonds. The molecule has 1 aromatic rings. The van der Waals surface area contributed by atoms with Gasteiger partial charge in [-0.15, -0.1) is 0 Å². The number of aliphatic carboxylic acids is 1. The van der Waals surface area contributed by atoms with Crippen LogP contribution in [0.5, 0.6) is 5.75 Å².